The monoisotopic (exact) mass is 386 g/mol. The van der Waals surface area contributed by atoms with E-state index in [4.69, 9.17) is 4.42 Å². The summed E-state index contributed by atoms with van der Waals surface area (Å²) < 4.78 is 33.2. The molecule has 0 saturated heterocycles. The summed E-state index contributed by atoms with van der Waals surface area (Å²) in [7, 11) is -3.50. The summed E-state index contributed by atoms with van der Waals surface area (Å²) in [4.78, 5) is 4.83. The van der Waals surface area contributed by atoms with Gasteiger partial charge in [0.05, 0.1) is 11.1 Å². The van der Waals surface area contributed by atoms with Crippen LogP contribution in [0.15, 0.2) is 63.4 Å². The lowest BCUT2D eigenvalue weighted by atomic mass is 10.0. The molecular formula is C19H18N2O3S2. The number of aryl methyl sites for hydroxylation is 1. The van der Waals surface area contributed by atoms with Crippen molar-refractivity contribution >= 4 is 26.9 Å². The third-order valence-corrected chi connectivity index (χ3v) is 7.79. The normalized spacial score (nSPS) is 15.8. The molecule has 0 amide bonds. The molecule has 2 aromatic heterocycles. The van der Waals surface area contributed by atoms with Crippen molar-refractivity contribution in [3.8, 4) is 10.6 Å². The maximum absolute atomic E-state index is 12.9. The van der Waals surface area contributed by atoms with Crippen LogP contribution in [0.1, 0.15) is 17.9 Å². The number of sulfonamides is 1. The molecule has 4 rings (SSSR count). The molecule has 0 fully saturated rings. The van der Waals surface area contributed by atoms with Crippen LogP contribution in [0, 0.1) is 6.92 Å². The van der Waals surface area contributed by atoms with Gasteiger partial charge in [0.1, 0.15) is 4.21 Å². The molecule has 0 saturated carbocycles. The standard InChI is InChI=1S/C19H18N2O3S2/c1-14-20-13-17(24-14)18-7-8-19(25-18)26(22,23)21-11-9-16(10-12-21)15-5-3-2-4-6-15/h2-9,13H,10-12H2,1H3. The van der Waals surface area contributed by atoms with E-state index in [0.29, 0.717) is 35.4 Å². The number of oxazole rings is 1. The Bertz CT molecular complexity index is 1050. The molecule has 0 unspecified atom stereocenters. The second-order valence-electron chi connectivity index (χ2n) is 6.07. The number of thiophene rings is 1. The van der Waals surface area contributed by atoms with Crippen molar-refractivity contribution < 1.29 is 12.8 Å². The van der Waals surface area contributed by atoms with Crippen LogP contribution in [0.4, 0.5) is 0 Å². The molecule has 3 heterocycles. The summed E-state index contributed by atoms with van der Waals surface area (Å²) in [6.45, 7) is 2.64. The highest BCUT2D eigenvalue weighted by Gasteiger charge is 2.28. The Labute approximate surface area is 156 Å². The van der Waals surface area contributed by atoms with Crippen LogP contribution in [0.5, 0.6) is 0 Å². The van der Waals surface area contributed by atoms with Gasteiger partial charge in [-0.05, 0) is 29.7 Å². The van der Waals surface area contributed by atoms with Crippen molar-refractivity contribution in [1.29, 1.82) is 0 Å². The predicted octanol–water partition coefficient (Wildman–Crippen LogP) is 4.19. The molecule has 1 aromatic carbocycles. The quantitative estimate of drug-likeness (QED) is 0.674. The molecule has 0 atom stereocenters. The lowest BCUT2D eigenvalue weighted by Crippen LogP contribution is -2.34. The van der Waals surface area contributed by atoms with Crippen LogP contribution in [0.3, 0.4) is 0 Å². The van der Waals surface area contributed by atoms with Crippen LogP contribution in [-0.2, 0) is 10.0 Å². The van der Waals surface area contributed by atoms with Gasteiger partial charge in [-0.3, -0.25) is 0 Å². The Morgan fingerprint density at radius 3 is 2.62 bits per heavy atom. The van der Waals surface area contributed by atoms with Crippen LogP contribution < -0.4 is 0 Å². The number of benzene rings is 1. The van der Waals surface area contributed by atoms with E-state index < -0.39 is 10.0 Å². The largest absolute Gasteiger partial charge is 0.440 e. The lowest BCUT2D eigenvalue weighted by molar-refractivity contribution is 0.442. The van der Waals surface area contributed by atoms with Gasteiger partial charge < -0.3 is 4.42 Å². The van der Waals surface area contributed by atoms with Gasteiger partial charge in [-0.25, -0.2) is 13.4 Å². The van der Waals surface area contributed by atoms with Gasteiger partial charge in [0.2, 0.25) is 0 Å². The Morgan fingerprint density at radius 1 is 1.15 bits per heavy atom. The fraction of sp³-hybridized carbons (Fsp3) is 0.211. The van der Waals surface area contributed by atoms with Gasteiger partial charge in [-0.1, -0.05) is 36.4 Å². The zero-order valence-electron chi connectivity index (χ0n) is 14.3. The number of hydrogen-bond acceptors (Lipinski definition) is 5. The summed E-state index contributed by atoms with van der Waals surface area (Å²) in [5, 5.41) is 0. The maximum Gasteiger partial charge on any atom is 0.252 e. The predicted molar refractivity (Wildman–Crippen MR) is 102 cm³/mol. The summed E-state index contributed by atoms with van der Waals surface area (Å²) in [6, 6.07) is 13.5. The minimum absolute atomic E-state index is 0.332. The van der Waals surface area contributed by atoms with E-state index in [1.807, 2.05) is 24.3 Å². The van der Waals surface area contributed by atoms with E-state index in [1.165, 1.54) is 21.2 Å². The molecule has 1 aliphatic heterocycles. The van der Waals surface area contributed by atoms with E-state index in [2.05, 4.69) is 17.1 Å². The SMILES string of the molecule is Cc1ncc(-c2ccc(S(=O)(=O)N3CC=C(c4ccccc4)CC3)s2)o1. The first-order valence-electron chi connectivity index (χ1n) is 8.31. The zero-order valence-corrected chi connectivity index (χ0v) is 15.9. The highest BCUT2D eigenvalue weighted by atomic mass is 32.2. The smallest absolute Gasteiger partial charge is 0.252 e. The van der Waals surface area contributed by atoms with Gasteiger partial charge in [0.25, 0.3) is 10.0 Å². The topological polar surface area (TPSA) is 63.4 Å². The average molecular weight is 386 g/mol. The molecule has 0 N–H and O–H groups in total. The van der Waals surface area contributed by atoms with Gasteiger partial charge in [0, 0.05) is 20.0 Å². The highest BCUT2D eigenvalue weighted by Crippen LogP contribution is 2.34. The number of rotatable bonds is 4. The molecule has 26 heavy (non-hydrogen) atoms. The average Bonchev–Trinajstić information content (AvgIpc) is 3.32. The van der Waals surface area contributed by atoms with E-state index >= 15 is 0 Å². The molecule has 1 aliphatic rings. The van der Waals surface area contributed by atoms with Crippen LogP contribution in [0.25, 0.3) is 16.2 Å². The number of aromatic nitrogens is 1. The molecular weight excluding hydrogens is 368 g/mol. The Balaban J connectivity index is 1.55. The second-order valence-corrected chi connectivity index (χ2v) is 9.32. The molecule has 0 aliphatic carbocycles. The molecule has 7 heteroatoms. The minimum Gasteiger partial charge on any atom is -0.440 e. The summed E-state index contributed by atoms with van der Waals surface area (Å²) in [6.07, 6.45) is 4.33. The second kappa shape index (κ2) is 6.83. The van der Waals surface area contributed by atoms with Gasteiger partial charge in [-0.2, -0.15) is 4.31 Å². The first-order valence-corrected chi connectivity index (χ1v) is 10.6. The van der Waals surface area contributed by atoms with E-state index in [1.54, 1.807) is 25.3 Å². The number of nitrogens with zero attached hydrogens (tertiary/aromatic N) is 2. The third-order valence-electron chi connectivity index (χ3n) is 4.36. The fourth-order valence-electron chi connectivity index (χ4n) is 2.98. The number of hydrogen-bond donors (Lipinski definition) is 0. The Hall–Kier alpha value is -2.22. The van der Waals surface area contributed by atoms with E-state index in [0.717, 1.165) is 10.4 Å². The van der Waals surface area contributed by atoms with Crippen LogP contribution >= 0.6 is 11.3 Å². The molecule has 134 valence electrons. The molecule has 0 spiro atoms. The summed E-state index contributed by atoms with van der Waals surface area (Å²) in [5.41, 5.74) is 2.35. The summed E-state index contributed by atoms with van der Waals surface area (Å²) in [5.74, 6) is 1.16. The van der Waals surface area contributed by atoms with Crippen molar-refractivity contribution in [2.24, 2.45) is 0 Å². The lowest BCUT2D eigenvalue weighted by Gasteiger charge is -2.25. The zero-order chi connectivity index (χ0) is 18.1. The van der Waals surface area contributed by atoms with Gasteiger partial charge in [-0.15, -0.1) is 11.3 Å². The first kappa shape index (κ1) is 17.2. The molecule has 0 bridgehead atoms. The Morgan fingerprint density at radius 2 is 1.96 bits per heavy atom. The minimum atomic E-state index is -3.50. The maximum atomic E-state index is 12.9. The van der Waals surface area contributed by atoms with Gasteiger partial charge >= 0.3 is 0 Å². The molecule has 3 aromatic rings. The van der Waals surface area contributed by atoms with Crippen LogP contribution in [-0.4, -0.2) is 30.8 Å². The van der Waals surface area contributed by atoms with E-state index in [9.17, 15) is 8.42 Å². The summed E-state index contributed by atoms with van der Waals surface area (Å²) >= 11 is 1.21. The highest BCUT2D eigenvalue weighted by molar-refractivity contribution is 7.91. The van der Waals surface area contributed by atoms with Crippen molar-refractivity contribution in [3.05, 3.63) is 66.2 Å². The Kier molecular flexibility index (Phi) is 4.52. The fourth-order valence-corrected chi connectivity index (χ4v) is 5.76. The van der Waals surface area contributed by atoms with Crippen LogP contribution in [0.2, 0.25) is 0 Å². The van der Waals surface area contributed by atoms with Crippen molar-refractivity contribution in [2.45, 2.75) is 17.6 Å². The van der Waals surface area contributed by atoms with Gasteiger partial charge in [0.15, 0.2) is 11.7 Å². The van der Waals surface area contributed by atoms with Crippen molar-refractivity contribution in [3.63, 3.8) is 0 Å². The first-order chi connectivity index (χ1) is 12.5. The molecule has 5 nitrogen and oxygen atoms in total. The van der Waals surface area contributed by atoms with Crippen molar-refractivity contribution in [1.82, 2.24) is 9.29 Å². The third kappa shape index (κ3) is 3.25. The van der Waals surface area contributed by atoms with Crippen molar-refractivity contribution in [2.75, 3.05) is 13.1 Å². The van der Waals surface area contributed by atoms with E-state index in [-0.39, 0.29) is 0 Å². The molecule has 0 radical (unpaired) electrons.